The first-order valence-corrected chi connectivity index (χ1v) is 9.25. The van der Waals surface area contributed by atoms with E-state index in [1.165, 1.54) is 11.9 Å². The molecule has 0 unspecified atom stereocenters. The van der Waals surface area contributed by atoms with Gasteiger partial charge in [-0.15, -0.1) is 10.2 Å². The highest BCUT2D eigenvalue weighted by Gasteiger charge is 2.30. The van der Waals surface area contributed by atoms with Crippen molar-refractivity contribution in [2.24, 2.45) is 5.92 Å². The van der Waals surface area contributed by atoms with Crippen molar-refractivity contribution in [1.82, 2.24) is 20.2 Å². The van der Waals surface area contributed by atoms with Gasteiger partial charge in [0.25, 0.3) is 0 Å². The summed E-state index contributed by atoms with van der Waals surface area (Å²) in [5.41, 5.74) is 1.84. The summed E-state index contributed by atoms with van der Waals surface area (Å²) in [4.78, 5) is 25.6. The quantitative estimate of drug-likeness (QED) is 0.638. The Bertz CT molecular complexity index is 1040. The number of para-hydroxylation sites is 3. The molecule has 2 N–H and O–H groups in total. The van der Waals surface area contributed by atoms with Gasteiger partial charge in [0.1, 0.15) is 12.3 Å². The first-order chi connectivity index (χ1) is 14.1. The average molecular weight is 392 g/mol. The van der Waals surface area contributed by atoms with Crippen molar-refractivity contribution in [3.63, 3.8) is 0 Å². The first kappa shape index (κ1) is 18.6. The van der Waals surface area contributed by atoms with Gasteiger partial charge >= 0.3 is 0 Å². The number of anilines is 2. The SMILES string of the molecule is COc1ccccc1NC(=O)Cn1nnc(-c2ccccc2NC(=O)C2CC2)n1. The van der Waals surface area contributed by atoms with E-state index in [1.54, 1.807) is 30.3 Å². The van der Waals surface area contributed by atoms with Gasteiger partial charge in [0.15, 0.2) is 0 Å². The third-order valence-electron chi connectivity index (χ3n) is 4.49. The Kier molecular flexibility index (Phi) is 5.19. The Morgan fingerprint density at radius 1 is 1.07 bits per heavy atom. The molecule has 0 spiro atoms. The Balaban J connectivity index is 1.46. The van der Waals surface area contributed by atoms with Crippen molar-refractivity contribution >= 4 is 23.2 Å². The van der Waals surface area contributed by atoms with E-state index in [4.69, 9.17) is 4.74 Å². The van der Waals surface area contributed by atoms with E-state index >= 15 is 0 Å². The molecule has 29 heavy (non-hydrogen) atoms. The third-order valence-corrected chi connectivity index (χ3v) is 4.49. The number of carbonyl (C=O) groups is 2. The van der Waals surface area contributed by atoms with Crippen LogP contribution >= 0.6 is 0 Å². The van der Waals surface area contributed by atoms with Crippen LogP contribution in [0.4, 0.5) is 11.4 Å². The molecule has 9 nitrogen and oxygen atoms in total. The van der Waals surface area contributed by atoms with E-state index in [-0.39, 0.29) is 24.3 Å². The maximum absolute atomic E-state index is 12.3. The molecule has 0 atom stereocenters. The lowest BCUT2D eigenvalue weighted by molar-refractivity contribution is -0.118. The summed E-state index contributed by atoms with van der Waals surface area (Å²) in [6.45, 7) is -0.109. The summed E-state index contributed by atoms with van der Waals surface area (Å²) in [6, 6.07) is 14.4. The molecule has 3 aromatic rings. The van der Waals surface area contributed by atoms with E-state index in [9.17, 15) is 9.59 Å². The number of nitrogens with one attached hydrogen (secondary N) is 2. The van der Waals surface area contributed by atoms with Gasteiger partial charge in [0, 0.05) is 11.5 Å². The molecule has 1 aliphatic rings. The van der Waals surface area contributed by atoms with Crippen LogP contribution < -0.4 is 15.4 Å². The number of rotatable bonds is 7. The first-order valence-electron chi connectivity index (χ1n) is 9.25. The number of tetrazole rings is 1. The van der Waals surface area contributed by atoms with Gasteiger partial charge < -0.3 is 15.4 Å². The van der Waals surface area contributed by atoms with Crippen molar-refractivity contribution in [1.29, 1.82) is 0 Å². The molecule has 1 aromatic heterocycles. The maximum atomic E-state index is 12.3. The van der Waals surface area contributed by atoms with Gasteiger partial charge in [0.05, 0.1) is 18.5 Å². The van der Waals surface area contributed by atoms with E-state index in [2.05, 4.69) is 26.0 Å². The molecular weight excluding hydrogens is 372 g/mol. The number of ether oxygens (including phenoxy) is 1. The molecule has 1 fully saturated rings. The van der Waals surface area contributed by atoms with Gasteiger partial charge in [0.2, 0.25) is 17.6 Å². The zero-order valence-corrected chi connectivity index (χ0v) is 15.8. The molecule has 1 aliphatic carbocycles. The fourth-order valence-corrected chi connectivity index (χ4v) is 2.85. The second-order valence-electron chi connectivity index (χ2n) is 6.70. The van der Waals surface area contributed by atoms with Crippen LogP contribution in [0.15, 0.2) is 48.5 Å². The minimum absolute atomic E-state index is 0.000952. The number of benzene rings is 2. The molecule has 0 radical (unpaired) electrons. The molecule has 2 amide bonds. The molecule has 1 saturated carbocycles. The van der Waals surface area contributed by atoms with Crippen molar-refractivity contribution in [2.45, 2.75) is 19.4 Å². The van der Waals surface area contributed by atoms with Crippen LogP contribution in [0.1, 0.15) is 12.8 Å². The molecular formula is C20H20N6O3. The average Bonchev–Trinajstić information content (AvgIpc) is 3.49. The number of aromatic nitrogens is 4. The lowest BCUT2D eigenvalue weighted by atomic mass is 10.1. The van der Waals surface area contributed by atoms with Crippen LogP contribution in [0.2, 0.25) is 0 Å². The number of methoxy groups -OCH3 is 1. The Labute approximate surface area is 167 Å². The highest BCUT2D eigenvalue weighted by atomic mass is 16.5. The zero-order valence-electron chi connectivity index (χ0n) is 15.8. The Morgan fingerprint density at radius 3 is 2.55 bits per heavy atom. The maximum Gasteiger partial charge on any atom is 0.248 e. The normalized spacial score (nSPS) is 13.0. The molecule has 2 aromatic carbocycles. The molecule has 4 rings (SSSR count). The largest absolute Gasteiger partial charge is 0.495 e. The second kappa shape index (κ2) is 8.09. The molecule has 0 saturated heterocycles. The molecule has 0 aliphatic heterocycles. The second-order valence-corrected chi connectivity index (χ2v) is 6.70. The lowest BCUT2D eigenvalue weighted by Crippen LogP contribution is -2.20. The minimum Gasteiger partial charge on any atom is -0.495 e. The summed E-state index contributed by atoms with van der Waals surface area (Å²) in [5.74, 6) is 0.676. The highest BCUT2D eigenvalue weighted by molar-refractivity contribution is 5.97. The Hall–Kier alpha value is -3.75. The van der Waals surface area contributed by atoms with E-state index in [0.717, 1.165) is 12.8 Å². The topological polar surface area (TPSA) is 111 Å². The van der Waals surface area contributed by atoms with Crippen molar-refractivity contribution in [2.75, 3.05) is 17.7 Å². The minimum atomic E-state index is -0.311. The monoisotopic (exact) mass is 392 g/mol. The molecule has 1 heterocycles. The van der Waals surface area contributed by atoms with Crippen LogP contribution in [-0.4, -0.2) is 39.1 Å². The van der Waals surface area contributed by atoms with Crippen molar-refractivity contribution in [3.8, 4) is 17.1 Å². The van der Waals surface area contributed by atoms with E-state index in [1.807, 2.05) is 18.2 Å². The van der Waals surface area contributed by atoms with Crippen molar-refractivity contribution < 1.29 is 14.3 Å². The van der Waals surface area contributed by atoms with Gasteiger partial charge in [-0.25, -0.2) is 0 Å². The summed E-state index contributed by atoms with van der Waals surface area (Å²) in [7, 11) is 1.54. The number of hydrogen-bond acceptors (Lipinski definition) is 6. The van der Waals surface area contributed by atoms with Crippen LogP contribution in [0.5, 0.6) is 5.75 Å². The predicted octanol–water partition coefficient (Wildman–Crippen LogP) is 2.34. The molecule has 9 heteroatoms. The van der Waals surface area contributed by atoms with Crippen LogP contribution in [0, 0.1) is 5.92 Å². The summed E-state index contributed by atoms with van der Waals surface area (Å²) < 4.78 is 5.22. The predicted molar refractivity (Wildman–Crippen MR) is 106 cm³/mol. The fourth-order valence-electron chi connectivity index (χ4n) is 2.85. The lowest BCUT2D eigenvalue weighted by Gasteiger charge is -2.09. The molecule has 148 valence electrons. The van der Waals surface area contributed by atoms with E-state index in [0.29, 0.717) is 28.5 Å². The number of carbonyl (C=O) groups excluding carboxylic acids is 2. The molecule has 0 bridgehead atoms. The van der Waals surface area contributed by atoms with Crippen LogP contribution in [-0.2, 0) is 16.1 Å². The van der Waals surface area contributed by atoms with Gasteiger partial charge in [-0.3, -0.25) is 9.59 Å². The van der Waals surface area contributed by atoms with Crippen LogP contribution in [0.3, 0.4) is 0 Å². The third kappa shape index (κ3) is 4.40. The van der Waals surface area contributed by atoms with Gasteiger partial charge in [-0.1, -0.05) is 24.3 Å². The standard InChI is InChI=1S/C20H20N6O3/c1-29-17-9-5-4-8-16(17)21-18(27)12-26-24-19(23-25-26)14-6-2-3-7-15(14)22-20(28)13-10-11-13/h2-9,13H,10-12H2,1H3,(H,21,27)(H,22,28). The van der Waals surface area contributed by atoms with Crippen LogP contribution in [0.25, 0.3) is 11.4 Å². The van der Waals surface area contributed by atoms with Gasteiger partial charge in [-0.2, -0.15) is 4.80 Å². The number of nitrogens with zero attached hydrogens (tertiary/aromatic N) is 4. The number of hydrogen-bond donors (Lipinski definition) is 2. The summed E-state index contributed by atoms with van der Waals surface area (Å²) in [6.07, 6.45) is 1.84. The number of amides is 2. The summed E-state index contributed by atoms with van der Waals surface area (Å²) >= 11 is 0. The smallest absolute Gasteiger partial charge is 0.248 e. The van der Waals surface area contributed by atoms with Gasteiger partial charge in [-0.05, 0) is 42.3 Å². The van der Waals surface area contributed by atoms with E-state index < -0.39 is 0 Å². The summed E-state index contributed by atoms with van der Waals surface area (Å²) in [5, 5.41) is 18.0. The fraction of sp³-hybridized carbons (Fsp3) is 0.250. The zero-order chi connectivity index (χ0) is 20.2. The Morgan fingerprint density at radius 2 is 1.79 bits per heavy atom. The van der Waals surface area contributed by atoms with Crippen molar-refractivity contribution in [3.05, 3.63) is 48.5 Å². The highest BCUT2D eigenvalue weighted by Crippen LogP contribution is 2.32.